The summed E-state index contributed by atoms with van der Waals surface area (Å²) in [5, 5.41) is 3.47. The van der Waals surface area contributed by atoms with Gasteiger partial charge in [0.05, 0.1) is 0 Å². The summed E-state index contributed by atoms with van der Waals surface area (Å²) in [6, 6.07) is 0.905. The van der Waals surface area contributed by atoms with Gasteiger partial charge in [-0.25, -0.2) is 0 Å². The molecule has 0 aliphatic carbocycles. The lowest BCUT2D eigenvalue weighted by Gasteiger charge is -2.25. The number of likely N-dealkylation sites (tertiary alicyclic amines) is 1. The van der Waals surface area contributed by atoms with Crippen molar-refractivity contribution < 1.29 is 0 Å². The third-order valence-corrected chi connectivity index (χ3v) is 3.20. The van der Waals surface area contributed by atoms with Crippen molar-refractivity contribution in [1.29, 1.82) is 0 Å². The number of hydrogen-bond donors (Lipinski definition) is 1. The van der Waals surface area contributed by atoms with Crippen LogP contribution in [0, 0.1) is 0 Å². The molecule has 0 aromatic rings. The van der Waals surface area contributed by atoms with E-state index in [9.17, 15) is 0 Å². The zero-order chi connectivity index (χ0) is 8.23. The lowest BCUT2D eigenvalue weighted by Crippen LogP contribution is -2.33. The second kappa shape index (κ2) is 4.24. The van der Waals surface area contributed by atoms with E-state index in [0.717, 1.165) is 6.04 Å². The van der Waals surface area contributed by atoms with Gasteiger partial charge in [-0.1, -0.05) is 0 Å². The Balaban J connectivity index is 1.83. The van der Waals surface area contributed by atoms with Crippen LogP contribution in [0.2, 0.25) is 0 Å². The summed E-state index contributed by atoms with van der Waals surface area (Å²) in [4.78, 5) is 2.70. The Morgan fingerprint density at radius 2 is 1.75 bits per heavy atom. The molecule has 0 amide bonds. The monoisotopic (exact) mass is 168 g/mol. The third-order valence-electron chi connectivity index (χ3n) is 3.20. The van der Waals surface area contributed by atoms with E-state index in [-0.39, 0.29) is 0 Å². The molecule has 1 atom stereocenters. The minimum Gasteiger partial charge on any atom is -0.317 e. The molecule has 2 heteroatoms. The molecule has 70 valence electrons. The first-order valence-electron chi connectivity index (χ1n) is 5.41. The van der Waals surface area contributed by atoms with Gasteiger partial charge in [-0.2, -0.15) is 0 Å². The SMILES string of the molecule is C1CNCC[C@H](N2CCCC2)C1. The van der Waals surface area contributed by atoms with Crippen molar-refractivity contribution in [1.82, 2.24) is 10.2 Å². The highest BCUT2D eigenvalue weighted by Crippen LogP contribution is 2.18. The van der Waals surface area contributed by atoms with Crippen molar-refractivity contribution >= 4 is 0 Å². The molecule has 2 aliphatic heterocycles. The molecule has 2 nitrogen and oxygen atoms in total. The van der Waals surface area contributed by atoms with E-state index < -0.39 is 0 Å². The smallest absolute Gasteiger partial charge is 0.0108 e. The summed E-state index contributed by atoms with van der Waals surface area (Å²) in [6.45, 7) is 5.21. The van der Waals surface area contributed by atoms with Crippen LogP contribution in [0.25, 0.3) is 0 Å². The van der Waals surface area contributed by atoms with E-state index in [1.54, 1.807) is 0 Å². The molecule has 2 heterocycles. The van der Waals surface area contributed by atoms with Gasteiger partial charge in [0.1, 0.15) is 0 Å². The molecule has 2 rings (SSSR count). The lowest BCUT2D eigenvalue weighted by atomic mass is 10.1. The molecule has 0 saturated carbocycles. The van der Waals surface area contributed by atoms with E-state index in [0.29, 0.717) is 0 Å². The van der Waals surface area contributed by atoms with Crippen LogP contribution in [0.15, 0.2) is 0 Å². The molecule has 12 heavy (non-hydrogen) atoms. The Labute approximate surface area is 75.3 Å². The van der Waals surface area contributed by atoms with Gasteiger partial charge in [0.25, 0.3) is 0 Å². The highest BCUT2D eigenvalue weighted by molar-refractivity contribution is 4.79. The highest BCUT2D eigenvalue weighted by Gasteiger charge is 2.21. The summed E-state index contributed by atoms with van der Waals surface area (Å²) in [7, 11) is 0. The molecule has 0 radical (unpaired) electrons. The van der Waals surface area contributed by atoms with Gasteiger partial charge in [-0.05, 0) is 58.3 Å². The summed E-state index contributed by atoms with van der Waals surface area (Å²) in [6.07, 6.45) is 7.04. The van der Waals surface area contributed by atoms with E-state index in [1.807, 2.05) is 0 Å². The van der Waals surface area contributed by atoms with Gasteiger partial charge >= 0.3 is 0 Å². The molecule has 2 aliphatic rings. The Hall–Kier alpha value is -0.0800. The highest BCUT2D eigenvalue weighted by atomic mass is 15.2. The van der Waals surface area contributed by atoms with E-state index in [2.05, 4.69) is 10.2 Å². The number of rotatable bonds is 1. The molecule has 0 bridgehead atoms. The van der Waals surface area contributed by atoms with Crippen LogP contribution < -0.4 is 5.32 Å². The quantitative estimate of drug-likeness (QED) is 0.633. The molecule has 2 saturated heterocycles. The summed E-state index contributed by atoms with van der Waals surface area (Å²) < 4.78 is 0. The average Bonchev–Trinajstić information content (AvgIpc) is 2.48. The van der Waals surface area contributed by atoms with Gasteiger partial charge in [-0.3, -0.25) is 0 Å². The Kier molecular flexibility index (Phi) is 3.01. The van der Waals surface area contributed by atoms with Gasteiger partial charge in [-0.15, -0.1) is 0 Å². The predicted molar refractivity (Wildman–Crippen MR) is 51.3 cm³/mol. The minimum atomic E-state index is 0.905. The Bertz CT molecular complexity index is 122. The van der Waals surface area contributed by atoms with Crippen LogP contribution in [-0.4, -0.2) is 37.1 Å². The van der Waals surface area contributed by atoms with Crippen molar-refractivity contribution in [3.8, 4) is 0 Å². The van der Waals surface area contributed by atoms with Crippen molar-refractivity contribution in [2.24, 2.45) is 0 Å². The fourth-order valence-corrected chi connectivity index (χ4v) is 2.47. The molecular weight excluding hydrogens is 148 g/mol. The molecule has 0 spiro atoms. The van der Waals surface area contributed by atoms with Gasteiger partial charge < -0.3 is 10.2 Å². The second-order valence-electron chi connectivity index (χ2n) is 4.08. The van der Waals surface area contributed by atoms with Crippen LogP contribution in [-0.2, 0) is 0 Å². The first-order valence-corrected chi connectivity index (χ1v) is 5.41. The lowest BCUT2D eigenvalue weighted by molar-refractivity contribution is 0.225. The topological polar surface area (TPSA) is 15.3 Å². The van der Waals surface area contributed by atoms with Crippen molar-refractivity contribution in [3.05, 3.63) is 0 Å². The molecule has 0 aromatic heterocycles. The second-order valence-corrected chi connectivity index (χ2v) is 4.08. The molecular formula is C10H20N2. The normalized spacial score (nSPS) is 33.5. The van der Waals surface area contributed by atoms with Crippen molar-refractivity contribution in [2.75, 3.05) is 26.2 Å². The van der Waals surface area contributed by atoms with Crippen LogP contribution in [0.5, 0.6) is 0 Å². The Morgan fingerprint density at radius 3 is 2.58 bits per heavy atom. The largest absolute Gasteiger partial charge is 0.317 e. The van der Waals surface area contributed by atoms with E-state index in [1.165, 1.54) is 58.3 Å². The Morgan fingerprint density at radius 1 is 0.917 bits per heavy atom. The molecule has 0 unspecified atom stereocenters. The molecule has 1 N–H and O–H groups in total. The van der Waals surface area contributed by atoms with Crippen LogP contribution in [0.4, 0.5) is 0 Å². The summed E-state index contributed by atoms with van der Waals surface area (Å²) in [5.41, 5.74) is 0. The first-order chi connectivity index (χ1) is 5.97. The van der Waals surface area contributed by atoms with Crippen molar-refractivity contribution in [2.45, 2.75) is 38.1 Å². The van der Waals surface area contributed by atoms with Gasteiger partial charge in [0.2, 0.25) is 0 Å². The maximum atomic E-state index is 3.47. The number of nitrogens with one attached hydrogen (secondary N) is 1. The standard InChI is InChI=1S/C10H20N2/c1-2-9-12(8-1)10-4-3-6-11-7-5-10/h10-11H,1-9H2/t10-/m1/s1. The predicted octanol–water partition coefficient (Wildman–Crippen LogP) is 1.22. The van der Waals surface area contributed by atoms with Gasteiger partial charge in [0.15, 0.2) is 0 Å². The maximum absolute atomic E-state index is 3.47. The summed E-state index contributed by atoms with van der Waals surface area (Å²) >= 11 is 0. The third kappa shape index (κ3) is 1.99. The summed E-state index contributed by atoms with van der Waals surface area (Å²) in [5.74, 6) is 0. The fraction of sp³-hybridized carbons (Fsp3) is 1.00. The molecule has 2 fully saturated rings. The number of hydrogen-bond acceptors (Lipinski definition) is 2. The van der Waals surface area contributed by atoms with Crippen LogP contribution >= 0.6 is 0 Å². The first kappa shape index (κ1) is 8.52. The van der Waals surface area contributed by atoms with Crippen molar-refractivity contribution in [3.63, 3.8) is 0 Å². The van der Waals surface area contributed by atoms with Gasteiger partial charge in [0, 0.05) is 6.04 Å². The van der Waals surface area contributed by atoms with Crippen LogP contribution in [0.1, 0.15) is 32.1 Å². The fourth-order valence-electron chi connectivity index (χ4n) is 2.47. The van der Waals surface area contributed by atoms with E-state index in [4.69, 9.17) is 0 Å². The zero-order valence-corrected chi connectivity index (χ0v) is 7.89. The zero-order valence-electron chi connectivity index (χ0n) is 7.89. The molecule has 0 aromatic carbocycles. The number of nitrogens with zero attached hydrogens (tertiary/aromatic N) is 1. The minimum absolute atomic E-state index is 0.905. The maximum Gasteiger partial charge on any atom is 0.0108 e. The average molecular weight is 168 g/mol. The van der Waals surface area contributed by atoms with E-state index >= 15 is 0 Å². The van der Waals surface area contributed by atoms with Crippen LogP contribution in [0.3, 0.4) is 0 Å².